The molecule has 0 aliphatic carbocycles. The molecule has 4 nitrogen and oxygen atoms in total. The second-order valence-electron chi connectivity index (χ2n) is 5.12. The first-order chi connectivity index (χ1) is 9.04. The number of nitrogens with zero attached hydrogens (tertiary/aromatic N) is 1. The topological polar surface area (TPSA) is 49.4 Å². The molecule has 2 amide bonds. The van der Waals surface area contributed by atoms with Crippen LogP contribution >= 0.6 is 0 Å². The second kappa shape index (κ2) is 5.43. The molecular weight excluding hydrogens is 240 g/mol. The second-order valence-corrected chi connectivity index (χ2v) is 5.12. The maximum Gasteiger partial charge on any atom is 0.225 e. The Kier molecular flexibility index (Phi) is 3.88. The minimum absolute atomic E-state index is 0.00456. The van der Waals surface area contributed by atoms with Gasteiger partial charge < -0.3 is 10.2 Å². The van der Waals surface area contributed by atoms with Gasteiger partial charge in [0.25, 0.3) is 0 Å². The quantitative estimate of drug-likeness (QED) is 0.879. The minimum atomic E-state index is -0.171. The molecule has 1 N–H and O–H groups in total. The van der Waals surface area contributed by atoms with Crippen LogP contribution in [0.2, 0.25) is 0 Å². The first-order valence-electron chi connectivity index (χ1n) is 6.58. The number of hydrogen-bond acceptors (Lipinski definition) is 2. The van der Waals surface area contributed by atoms with E-state index >= 15 is 0 Å². The van der Waals surface area contributed by atoms with Crippen molar-refractivity contribution in [2.75, 3.05) is 14.1 Å². The fraction of sp³-hybridized carbons (Fsp3) is 0.467. The molecule has 4 heteroatoms. The van der Waals surface area contributed by atoms with Crippen LogP contribution in [0, 0.1) is 12.8 Å². The Balaban J connectivity index is 2.36. The number of amides is 2. The fourth-order valence-corrected chi connectivity index (χ4v) is 2.72. The van der Waals surface area contributed by atoms with Crippen LogP contribution in [0.1, 0.15) is 30.0 Å². The number of piperidine rings is 1. The first kappa shape index (κ1) is 13.6. The molecule has 1 heterocycles. The number of benzene rings is 1. The Labute approximate surface area is 113 Å². The summed E-state index contributed by atoms with van der Waals surface area (Å²) in [5.74, 6) is -0.0638. The zero-order valence-electron chi connectivity index (χ0n) is 11.6. The van der Waals surface area contributed by atoms with Crippen LogP contribution in [-0.2, 0) is 9.59 Å². The molecular formula is C15H20N2O2. The highest BCUT2D eigenvalue weighted by atomic mass is 16.2. The molecule has 1 saturated heterocycles. The average Bonchev–Trinajstić information content (AvgIpc) is 2.42. The molecule has 0 aromatic heterocycles. The summed E-state index contributed by atoms with van der Waals surface area (Å²) in [5, 5.41) is 2.70. The van der Waals surface area contributed by atoms with Crippen molar-refractivity contribution in [1.82, 2.24) is 10.2 Å². The first-order valence-corrected chi connectivity index (χ1v) is 6.58. The Morgan fingerprint density at radius 2 is 1.95 bits per heavy atom. The van der Waals surface area contributed by atoms with E-state index in [1.54, 1.807) is 19.0 Å². The van der Waals surface area contributed by atoms with Crippen LogP contribution in [-0.4, -0.2) is 30.8 Å². The maximum atomic E-state index is 12.0. The largest absolute Gasteiger partial charge is 0.359 e. The highest BCUT2D eigenvalue weighted by Crippen LogP contribution is 2.35. The standard InChI is InChI=1S/C15H20N2O2/c1-10-4-6-11(7-5-10)14-12(15(19)16-2)8-9-13(18)17(14)3/h4-7,12,14H,8-9H2,1-3H3,(H,16,19)/t12-,14-/m0/s1. The normalized spacial score (nSPS) is 23.3. The monoisotopic (exact) mass is 260 g/mol. The molecule has 0 saturated carbocycles. The summed E-state index contributed by atoms with van der Waals surface area (Å²) in [5.41, 5.74) is 2.19. The molecule has 0 unspecified atom stereocenters. The van der Waals surface area contributed by atoms with Gasteiger partial charge in [-0.15, -0.1) is 0 Å². The Hall–Kier alpha value is -1.84. The van der Waals surface area contributed by atoms with Crippen molar-refractivity contribution in [3.8, 4) is 0 Å². The van der Waals surface area contributed by atoms with Crippen molar-refractivity contribution in [3.05, 3.63) is 35.4 Å². The smallest absolute Gasteiger partial charge is 0.225 e. The van der Waals surface area contributed by atoms with E-state index in [0.29, 0.717) is 12.8 Å². The van der Waals surface area contributed by atoms with E-state index in [-0.39, 0.29) is 23.8 Å². The molecule has 1 aromatic rings. The van der Waals surface area contributed by atoms with Crippen molar-refractivity contribution >= 4 is 11.8 Å². The lowest BCUT2D eigenvalue weighted by atomic mass is 9.84. The predicted molar refractivity (Wildman–Crippen MR) is 73.5 cm³/mol. The number of hydrogen-bond donors (Lipinski definition) is 1. The van der Waals surface area contributed by atoms with E-state index in [4.69, 9.17) is 0 Å². The van der Waals surface area contributed by atoms with E-state index in [1.165, 1.54) is 5.56 Å². The number of rotatable bonds is 2. The minimum Gasteiger partial charge on any atom is -0.359 e. The van der Waals surface area contributed by atoms with Gasteiger partial charge in [-0.25, -0.2) is 0 Å². The van der Waals surface area contributed by atoms with Gasteiger partial charge in [0.2, 0.25) is 11.8 Å². The highest BCUT2D eigenvalue weighted by molar-refractivity contribution is 5.84. The van der Waals surface area contributed by atoms with E-state index in [9.17, 15) is 9.59 Å². The van der Waals surface area contributed by atoms with Crippen LogP contribution in [0.5, 0.6) is 0 Å². The molecule has 1 aromatic carbocycles. The molecule has 102 valence electrons. The maximum absolute atomic E-state index is 12.0. The van der Waals surface area contributed by atoms with Crippen molar-refractivity contribution in [2.24, 2.45) is 5.92 Å². The van der Waals surface area contributed by atoms with Gasteiger partial charge in [0, 0.05) is 20.5 Å². The van der Waals surface area contributed by atoms with Gasteiger partial charge in [0.1, 0.15) is 0 Å². The van der Waals surface area contributed by atoms with Crippen LogP contribution in [0.4, 0.5) is 0 Å². The van der Waals surface area contributed by atoms with Crippen molar-refractivity contribution < 1.29 is 9.59 Å². The lowest BCUT2D eigenvalue weighted by Crippen LogP contribution is -2.45. The average molecular weight is 260 g/mol. The van der Waals surface area contributed by atoms with Gasteiger partial charge >= 0.3 is 0 Å². The third-order valence-corrected chi connectivity index (χ3v) is 3.86. The van der Waals surface area contributed by atoms with E-state index < -0.39 is 0 Å². The number of carbonyl (C=O) groups is 2. The molecule has 1 fully saturated rings. The summed E-state index contributed by atoms with van der Waals surface area (Å²) in [7, 11) is 3.42. The number of nitrogens with one attached hydrogen (secondary N) is 1. The van der Waals surface area contributed by atoms with Crippen LogP contribution in [0.15, 0.2) is 24.3 Å². The van der Waals surface area contributed by atoms with E-state index in [2.05, 4.69) is 5.32 Å². The van der Waals surface area contributed by atoms with E-state index in [1.807, 2.05) is 31.2 Å². The van der Waals surface area contributed by atoms with E-state index in [0.717, 1.165) is 5.56 Å². The van der Waals surface area contributed by atoms with Gasteiger partial charge in [0.05, 0.1) is 12.0 Å². The van der Waals surface area contributed by atoms with Gasteiger partial charge in [-0.2, -0.15) is 0 Å². The summed E-state index contributed by atoms with van der Waals surface area (Å²) in [6.07, 6.45) is 1.05. The van der Waals surface area contributed by atoms with Gasteiger partial charge in [0.15, 0.2) is 0 Å². The van der Waals surface area contributed by atoms with Crippen LogP contribution in [0.25, 0.3) is 0 Å². The van der Waals surface area contributed by atoms with Crippen molar-refractivity contribution in [3.63, 3.8) is 0 Å². The van der Waals surface area contributed by atoms with Crippen molar-refractivity contribution in [2.45, 2.75) is 25.8 Å². The molecule has 2 rings (SSSR count). The summed E-state index contributed by atoms with van der Waals surface area (Å²) in [6, 6.07) is 7.88. The van der Waals surface area contributed by atoms with Crippen LogP contribution < -0.4 is 5.32 Å². The highest BCUT2D eigenvalue weighted by Gasteiger charge is 2.38. The van der Waals surface area contributed by atoms with Crippen LogP contribution in [0.3, 0.4) is 0 Å². The lowest BCUT2D eigenvalue weighted by molar-refractivity contribution is -0.141. The third-order valence-electron chi connectivity index (χ3n) is 3.86. The zero-order chi connectivity index (χ0) is 14.0. The molecule has 19 heavy (non-hydrogen) atoms. The van der Waals surface area contributed by atoms with Gasteiger partial charge in [-0.1, -0.05) is 29.8 Å². The fourth-order valence-electron chi connectivity index (χ4n) is 2.72. The summed E-state index contributed by atoms with van der Waals surface area (Å²) in [6.45, 7) is 2.02. The number of carbonyl (C=O) groups excluding carboxylic acids is 2. The molecule has 1 aliphatic heterocycles. The molecule has 0 bridgehead atoms. The number of aryl methyl sites for hydroxylation is 1. The van der Waals surface area contributed by atoms with Crippen molar-refractivity contribution in [1.29, 1.82) is 0 Å². The SMILES string of the molecule is CNC(=O)[C@H]1CCC(=O)N(C)[C@H]1c1ccc(C)cc1. The number of likely N-dealkylation sites (tertiary alicyclic amines) is 1. The predicted octanol–water partition coefficient (Wildman–Crippen LogP) is 1.65. The van der Waals surface area contributed by atoms with Gasteiger partial charge in [-0.05, 0) is 18.9 Å². The zero-order valence-corrected chi connectivity index (χ0v) is 11.6. The summed E-state index contributed by atoms with van der Waals surface area (Å²) in [4.78, 5) is 25.6. The molecule has 2 atom stereocenters. The summed E-state index contributed by atoms with van der Waals surface area (Å²) < 4.78 is 0. The molecule has 1 aliphatic rings. The Morgan fingerprint density at radius 3 is 2.53 bits per heavy atom. The molecule has 0 radical (unpaired) electrons. The van der Waals surface area contributed by atoms with Gasteiger partial charge in [-0.3, -0.25) is 9.59 Å². The lowest BCUT2D eigenvalue weighted by Gasteiger charge is -2.38. The Bertz CT molecular complexity index is 481. The summed E-state index contributed by atoms with van der Waals surface area (Å²) >= 11 is 0. The Morgan fingerprint density at radius 1 is 1.32 bits per heavy atom. The third kappa shape index (κ3) is 2.62. The molecule has 0 spiro atoms.